The SMILES string of the molecule is Nc1ncc2c(n1)C1(CCN(CCCC3(c4ccc(F)cc4)OCCO3)CC1)OCC2. The molecule has 2 fully saturated rings. The zero-order chi connectivity index (χ0) is 21.3. The third-order valence-electron chi connectivity index (χ3n) is 6.75. The molecule has 2 aromatic rings. The first kappa shape index (κ1) is 20.8. The van der Waals surface area contributed by atoms with Crippen molar-refractivity contribution in [2.75, 3.05) is 45.2 Å². The number of ether oxygens (including phenoxy) is 3. The summed E-state index contributed by atoms with van der Waals surface area (Å²) >= 11 is 0. The van der Waals surface area contributed by atoms with E-state index >= 15 is 0 Å². The number of rotatable bonds is 5. The average Bonchev–Trinajstić information content (AvgIpc) is 3.26. The molecule has 0 atom stereocenters. The molecule has 0 unspecified atom stereocenters. The molecule has 31 heavy (non-hydrogen) atoms. The highest BCUT2D eigenvalue weighted by molar-refractivity contribution is 5.32. The first-order chi connectivity index (χ1) is 15.1. The molecule has 2 saturated heterocycles. The zero-order valence-corrected chi connectivity index (χ0v) is 17.7. The first-order valence-electron chi connectivity index (χ1n) is 11.1. The van der Waals surface area contributed by atoms with E-state index in [0.29, 0.717) is 25.8 Å². The molecule has 1 spiro atoms. The van der Waals surface area contributed by atoms with Crippen LogP contribution < -0.4 is 5.73 Å². The monoisotopic (exact) mass is 428 g/mol. The number of halogens is 1. The normalized spacial score (nSPS) is 22.5. The number of benzene rings is 1. The molecule has 3 aliphatic rings. The van der Waals surface area contributed by atoms with Crippen LogP contribution in [-0.2, 0) is 32.0 Å². The second kappa shape index (κ2) is 8.43. The second-order valence-electron chi connectivity index (χ2n) is 8.60. The van der Waals surface area contributed by atoms with Crippen LogP contribution in [0.15, 0.2) is 30.5 Å². The molecule has 0 saturated carbocycles. The Labute approximate surface area is 181 Å². The summed E-state index contributed by atoms with van der Waals surface area (Å²) in [4.78, 5) is 11.2. The highest BCUT2D eigenvalue weighted by Crippen LogP contribution is 2.41. The van der Waals surface area contributed by atoms with E-state index in [1.807, 2.05) is 6.20 Å². The summed E-state index contributed by atoms with van der Waals surface area (Å²) in [6.07, 6.45) is 6.15. The Morgan fingerprint density at radius 1 is 1.03 bits per heavy atom. The molecule has 0 aliphatic carbocycles. The lowest BCUT2D eigenvalue weighted by Gasteiger charge is -2.44. The number of nitrogens with two attached hydrogens (primary N) is 1. The van der Waals surface area contributed by atoms with Gasteiger partial charge in [-0.3, -0.25) is 0 Å². The maximum absolute atomic E-state index is 13.3. The van der Waals surface area contributed by atoms with Crippen molar-refractivity contribution in [2.45, 2.75) is 43.5 Å². The third kappa shape index (κ3) is 4.05. The summed E-state index contributed by atoms with van der Waals surface area (Å²) < 4.78 is 31.6. The van der Waals surface area contributed by atoms with Gasteiger partial charge in [-0.15, -0.1) is 0 Å². The minimum atomic E-state index is -0.759. The minimum Gasteiger partial charge on any atom is -0.368 e. The number of nitrogens with zero attached hydrogens (tertiary/aromatic N) is 3. The van der Waals surface area contributed by atoms with Crippen LogP contribution in [0, 0.1) is 5.82 Å². The van der Waals surface area contributed by atoms with Crippen molar-refractivity contribution in [3.05, 3.63) is 53.1 Å². The molecule has 0 bridgehead atoms. The van der Waals surface area contributed by atoms with Gasteiger partial charge in [-0.1, -0.05) is 12.1 Å². The van der Waals surface area contributed by atoms with E-state index in [2.05, 4.69) is 14.9 Å². The first-order valence-corrected chi connectivity index (χ1v) is 11.1. The lowest BCUT2D eigenvalue weighted by atomic mass is 9.83. The van der Waals surface area contributed by atoms with Gasteiger partial charge in [0, 0.05) is 31.3 Å². The second-order valence-corrected chi connectivity index (χ2v) is 8.60. The lowest BCUT2D eigenvalue weighted by Crippen LogP contribution is -2.47. The van der Waals surface area contributed by atoms with Crippen molar-refractivity contribution in [2.24, 2.45) is 0 Å². The van der Waals surface area contributed by atoms with Crippen LogP contribution in [0.1, 0.15) is 42.5 Å². The largest absolute Gasteiger partial charge is 0.368 e. The molecule has 1 aromatic heterocycles. The third-order valence-corrected chi connectivity index (χ3v) is 6.75. The Kier molecular flexibility index (Phi) is 5.64. The standard InChI is InChI=1S/C23H29FN4O3/c24-19-4-2-18(3-5-19)23(30-14-15-31-23)7-1-10-28-11-8-22(9-12-28)20-17(6-13-29-22)16-26-21(25)27-20/h2-5,16H,1,6-15H2,(H2,25,26,27). The molecule has 0 amide bonds. The fourth-order valence-corrected chi connectivity index (χ4v) is 5.09. The van der Waals surface area contributed by atoms with Crippen molar-refractivity contribution in [1.29, 1.82) is 0 Å². The van der Waals surface area contributed by atoms with Gasteiger partial charge in [-0.05, 0) is 49.9 Å². The molecule has 3 aliphatic heterocycles. The van der Waals surface area contributed by atoms with E-state index in [4.69, 9.17) is 19.9 Å². The summed E-state index contributed by atoms with van der Waals surface area (Å²) in [5.41, 5.74) is 8.54. The molecule has 2 N–H and O–H groups in total. The van der Waals surface area contributed by atoms with Gasteiger partial charge in [0.25, 0.3) is 0 Å². The minimum absolute atomic E-state index is 0.252. The lowest BCUT2D eigenvalue weighted by molar-refractivity contribution is -0.172. The summed E-state index contributed by atoms with van der Waals surface area (Å²) in [7, 11) is 0. The number of hydrogen-bond acceptors (Lipinski definition) is 7. The van der Waals surface area contributed by atoms with Crippen molar-refractivity contribution >= 4 is 5.95 Å². The smallest absolute Gasteiger partial charge is 0.220 e. The topological polar surface area (TPSA) is 82.7 Å². The Hall–Kier alpha value is -2.13. The summed E-state index contributed by atoms with van der Waals surface area (Å²) in [6.45, 7) is 4.65. The number of aromatic nitrogens is 2. The van der Waals surface area contributed by atoms with Crippen LogP contribution in [-0.4, -0.2) is 54.3 Å². The average molecular weight is 429 g/mol. The van der Waals surface area contributed by atoms with Gasteiger partial charge in [-0.25, -0.2) is 14.4 Å². The van der Waals surface area contributed by atoms with Gasteiger partial charge in [0.2, 0.25) is 5.95 Å². The van der Waals surface area contributed by atoms with Gasteiger partial charge in [0.1, 0.15) is 11.4 Å². The molecule has 5 rings (SSSR count). The molecular formula is C23H29FN4O3. The van der Waals surface area contributed by atoms with Crippen molar-refractivity contribution in [3.63, 3.8) is 0 Å². The van der Waals surface area contributed by atoms with Crippen LogP contribution >= 0.6 is 0 Å². The van der Waals surface area contributed by atoms with E-state index in [1.54, 1.807) is 12.1 Å². The molecule has 8 heteroatoms. The van der Waals surface area contributed by atoms with Crippen LogP contribution in [0.2, 0.25) is 0 Å². The quantitative estimate of drug-likeness (QED) is 0.784. The van der Waals surface area contributed by atoms with Crippen LogP contribution in [0.3, 0.4) is 0 Å². The van der Waals surface area contributed by atoms with E-state index < -0.39 is 5.79 Å². The van der Waals surface area contributed by atoms with E-state index in [1.165, 1.54) is 12.1 Å². The van der Waals surface area contributed by atoms with Gasteiger partial charge >= 0.3 is 0 Å². The fourth-order valence-electron chi connectivity index (χ4n) is 5.09. The molecule has 4 heterocycles. The fraction of sp³-hybridized carbons (Fsp3) is 0.565. The Morgan fingerprint density at radius 3 is 2.52 bits per heavy atom. The van der Waals surface area contributed by atoms with Gasteiger partial charge in [0.05, 0.1) is 25.5 Å². The Balaban J connectivity index is 1.19. The van der Waals surface area contributed by atoms with Crippen molar-refractivity contribution in [1.82, 2.24) is 14.9 Å². The maximum Gasteiger partial charge on any atom is 0.220 e. The van der Waals surface area contributed by atoms with Crippen molar-refractivity contribution in [3.8, 4) is 0 Å². The van der Waals surface area contributed by atoms with E-state index in [9.17, 15) is 4.39 Å². The summed E-state index contributed by atoms with van der Waals surface area (Å²) in [6, 6.07) is 6.45. The van der Waals surface area contributed by atoms with Crippen LogP contribution in [0.25, 0.3) is 0 Å². The number of nitrogen functional groups attached to an aromatic ring is 1. The predicted octanol–water partition coefficient (Wildman–Crippen LogP) is 2.74. The number of fused-ring (bicyclic) bond motifs is 2. The van der Waals surface area contributed by atoms with Crippen LogP contribution in [0.4, 0.5) is 10.3 Å². The number of piperidine rings is 1. The molecule has 0 radical (unpaired) electrons. The Morgan fingerprint density at radius 2 is 1.77 bits per heavy atom. The molecular weight excluding hydrogens is 399 g/mol. The zero-order valence-electron chi connectivity index (χ0n) is 17.7. The van der Waals surface area contributed by atoms with E-state index in [0.717, 1.165) is 68.6 Å². The van der Waals surface area contributed by atoms with E-state index in [-0.39, 0.29) is 11.4 Å². The predicted molar refractivity (Wildman–Crippen MR) is 113 cm³/mol. The Bertz CT molecular complexity index is 910. The maximum atomic E-state index is 13.3. The molecule has 1 aromatic carbocycles. The molecule has 166 valence electrons. The van der Waals surface area contributed by atoms with Crippen molar-refractivity contribution < 1.29 is 18.6 Å². The summed E-state index contributed by atoms with van der Waals surface area (Å²) in [5.74, 6) is -0.698. The number of hydrogen-bond donors (Lipinski definition) is 1. The van der Waals surface area contributed by atoms with Gasteiger partial charge < -0.3 is 24.8 Å². The van der Waals surface area contributed by atoms with Gasteiger partial charge in [-0.2, -0.15) is 0 Å². The van der Waals surface area contributed by atoms with Crippen LogP contribution in [0.5, 0.6) is 0 Å². The van der Waals surface area contributed by atoms with Gasteiger partial charge in [0.15, 0.2) is 5.79 Å². The molecule has 7 nitrogen and oxygen atoms in total. The highest BCUT2D eigenvalue weighted by Gasteiger charge is 2.43. The number of likely N-dealkylation sites (tertiary alicyclic amines) is 1. The number of anilines is 1. The summed E-state index contributed by atoms with van der Waals surface area (Å²) in [5, 5.41) is 0. The highest BCUT2D eigenvalue weighted by atomic mass is 19.1.